The highest BCUT2D eigenvalue weighted by Gasteiger charge is 2.33. The molecule has 0 N–H and O–H groups in total. The van der Waals surface area contributed by atoms with E-state index in [2.05, 4.69) is 5.10 Å². The van der Waals surface area contributed by atoms with Gasteiger partial charge in [-0.1, -0.05) is 18.2 Å². The summed E-state index contributed by atoms with van der Waals surface area (Å²) in [6, 6.07) is 15.7. The smallest absolute Gasteiger partial charge is 0.167 e. The van der Waals surface area contributed by atoms with Crippen LogP contribution in [0.25, 0.3) is 5.69 Å². The van der Waals surface area contributed by atoms with Crippen LogP contribution in [0.15, 0.2) is 48.5 Å². The number of nitrogens with zero attached hydrogens (tertiary/aromatic N) is 2. The van der Waals surface area contributed by atoms with Crippen LogP contribution in [-0.2, 0) is 6.42 Å². The Balaban J connectivity index is 1.78. The molecule has 2 aromatic carbocycles. The Kier molecular flexibility index (Phi) is 4.44. The van der Waals surface area contributed by atoms with E-state index in [-0.39, 0.29) is 11.7 Å². The first-order valence-corrected chi connectivity index (χ1v) is 9.01. The Hall–Kier alpha value is -3.08. The average molecular weight is 362 g/mol. The summed E-state index contributed by atoms with van der Waals surface area (Å²) in [7, 11) is 3.31. The number of aromatic nitrogens is 2. The molecule has 138 valence electrons. The van der Waals surface area contributed by atoms with Gasteiger partial charge in [-0.3, -0.25) is 4.79 Å². The van der Waals surface area contributed by atoms with Crippen LogP contribution in [0.2, 0.25) is 0 Å². The van der Waals surface area contributed by atoms with Crippen molar-refractivity contribution in [2.45, 2.75) is 25.7 Å². The van der Waals surface area contributed by atoms with E-state index in [9.17, 15) is 4.79 Å². The second kappa shape index (κ2) is 6.91. The number of aryl methyl sites for hydroxylation is 1. The number of benzene rings is 2. The normalized spacial score (nSPS) is 16.1. The zero-order chi connectivity index (χ0) is 19.0. The largest absolute Gasteiger partial charge is 0.497 e. The van der Waals surface area contributed by atoms with Gasteiger partial charge in [0.05, 0.1) is 36.9 Å². The van der Waals surface area contributed by atoms with Crippen molar-refractivity contribution in [2.75, 3.05) is 14.2 Å². The quantitative estimate of drug-likeness (QED) is 0.701. The summed E-state index contributed by atoms with van der Waals surface area (Å²) in [5.41, 5.74) is 4.50. The molecular formula is C22H22N2O3. The Bertz CT molecular complexity index is 989. The number of methoxy groups -OCH3 is 2. The molecule has 1 atom stereocenters. The van der Waals surface area contributed by atoms with Crippen molar-refractivity contribution < 1.29 is 14.3 Å². The Morgan fingerprint density at radius 2 is 1.74 bits per heavy atom. The minimum atomic E-state index is 0.0780. The lowest BCUT2D eigenvalue weighted by molar-refractivity contribution is 0.0963. The van der Waals surface area contributed by atoms with Gasteiger partial charge in [0.25, 0.3) is 0 Å². The lowest BCUT2D eigenvalue weighted by Crippen LogP contribution is -2.21. The lowest BCUT2D eigenvalue weighted by atomic mass is 9.81. The standard InChI is InChI=1S/C22H22N2O3/c1-14-22-19(24(23-14)16-8-10-17(26-2)11-9-16)12-15(13-20(22)25)18-6-4-5-7-21(18)27-3/h4-11,15H,12-13H2,1-3H3/t15-/m1/s1. The van der Waals surface area contributed by atoms with Crippen LogP contribution in [0.4, 0.5) is 0 Å². The van der Waals surface area contributed by atoms with Gasteiger partial charge < -0.3 is 9.47 Å². The topological polar surface area (TPSA) is 53.4 Å². The molecule has 1 aliphatic carbocycles. The van der Waals surface area contributed by atoms with Gasteiger partial charge in [-0.05, 0) is 49.2 Å². The van der Waals surface area contributed by atoms with Crippen molar-refractivity contribution in [3.05, 3.63) is 71.0 Å². The number of carbonyl (C=O) groups excluding carboxylic acids is 1. The third-order valence-electron chi connectivity index (χ3n) is 5.20. The highest BCUT2D eigenvalue weighted by molar-refractivity contribution is 6.00. The molecular weight excluding hydrogens is 340 g/mol. The van der Waals surface area contributed by atoms with Crippen molar-refractivity contribution in [3.8, 4) is 17.2 Å². The number of Topliss-reactive ketones (excluding diaryl/α,β-unsaturated/α-hetero) is 1. The van der Waals surface area contributed by atoms with Gasteiger partial charge in [-0.15, -0.1) is 0 Å². The fraction of sp³-hybridized carbons (Fsp3) is 0.273. The Labute approximate surface area is 158 Å². The van der Waals surface area contributed by atoms with Crippen LogP contribution < -0.4 is 9.47 Å². The highest BCUT2D eigenvalue weighted by Crippen LogP contribution is 2.38. The molecule has 1 heterocycles. The van der Waals surface area contributed by atoms with Crippen molar-refractivity contribution in [3.63, 3.8) is 0 Å². The molecule has 0 spiro atoms. The van der Waals surface area contributed by atoms with Crippen LogP contribution >= 0.6 is 0 Å². The molecule has 0 saturated heterocycles. The number of para-hydroxylation sites is 1. The number of carbonyl (C=O) groups is 1. The molecule has 0 amide bonds. The van der Waals surface area contributed by atoms with E-state index in [0.29, 0.717) is 6.42 Å². The number of ketones is 1. The van der Waals surface area contributed by atoms with E-state index >= 15 is 0 Å². The summed E-state index contributed by atoms with van der Waals surface area (Å²) >= 11 is 0. The predicted octanol–water partition coefficient (Wildman–Crippen LogP) is 4.11. The molecule has 5 nitrogen and oxygen atoms in total. The summed E-state index contributed by atoms with van der Waals surface area (Å²) in [4.78, 5) is 12.9. The van der Waals surface area contributed by atoms with Gasteiger partial charge in [0.1, 0.15) is 11.5 Å². The van der Waals surface area contributed by atoms with E-state index in [1.54, 1.807) is 14.2 Å². The van der Waals surface area contributed by atoms with Crippen LogP contribution in [0.3, 0.4) is 0 Å². The predicted molar refractivity (Wildman–Crippen MR) is 103 cm³/mol. The molecule has 0 aliphatic heterocycles. The summed E-state index contributed by atoms with van der Waals surface area (Å²) in [5, 5.41) is 4.66. The summed E-state index contributed by atoms with van der Waals surface area (Å²) in [6.07, 6.45) is 1.22. The fourth-order valence-electron chi connectivity index (χ4n) is 3.92. The van der Waals surface area contributed by atoms with Crippen molar-refractivity contribution in [1.82, 2.24) is 9.78 Å². The molecule has 4 rings (SSSR count). The Morgan fingerprint density at radius 1 is 1.00 bits per heavy atom. The lowest BCUT2D eigenvalue weighted by Gasteiger charge is -2.24. The van der Waals surface area contributed by atoms with Crippen LogP contribution in [0.5, 0.6) is 11.5 Å². The second-order valence-electron chi connectivity index (χ2n) is 6.79. The molecule has 0 bridgehead atoms. The first-order chi connectivity index (χ1) is 13.1. The van der Waals surface area contributed by atoms with Crippen LogP contribution in [0, 0.1) is 6.92 Å². The number of ether oxygens (including phenoxy) is 2. The molecule has 3 aromatic rings. The van der Waals surface area contributed by atoms with Gasteiger partial charge in [0, 0.05) is 12.3 Å². The number of rotatable bonds is 4. The van der Waals surface area contributed by atoms with E-state index in [4.69, 9.17) is 9.47 Å². The summed E-state index contributed by atoms with van der Waals surface area (Å²) in [6.45, 7) is 1.90. The molecule has 0 radical (unpaired) electrons. The van der Waals surface area contributed by atoms with Gasteiger partial charge in [0.15, 0.2) is 5.78 Å². The summed E-state index contributed by atoms with van der Waals surface area (Å²) in [5.74, 6) is 1.84. The molecule has 27 heavy (non-hydrogen) atoms. The first kappa shape index (κ1) is 17.3. The van der Waals surface area contributed by atoms with Crippen LogP contribution in [0.1, 0.15) is 39.6 Å². The molecule has 1 aromatic heterocycles. The third-order valence-corrected chi connectivity index (χ3v) is 5.20. The average Bonchev–Trinajstić information content (AvgIpc) is 3.05. The zero-order valence-corrected chi connectivity index (χ0v) is 15.7. The number of hydrogen-bond donors (Lipinski definition) is 0. The van der Waals surface area contributed by atoms with E-state index in [1.807, 2.05) is 60.1 Å². The zero-order valence-electron chi connectivity index (χ0n) is 15.7. The Morgan fingerprint density at radius 3 is 2.44 bits per heavy atom. The van der Waals surface area contributed by atoms with Gasteiger partial charge in [-0.2, -0.15) is 5.10 Å². The fourth-order valence-corrected chi connectivity index (χ4v) is 3.92. The molecule has 0 fully saturated rings. The summed E-state index contributed by atoms with van der Waals surface area (Å²) < 4.78 is 12.7. The monoisotopic (exact) mass is 362 g/mol. The molecule has 5 heteroatoms. The molecule has 0 saturated carbocycles. The van der Waals surface area contributed by atoms with Gasteiger partial charge in [0.2, 0.25) is 0 Å². The molecule has 0 unspecified atom stereocenters. The number of hydrogen-bond acceptors (Lipinski definition) is 4. The van der Waals surface area contributed by atoms with E-state index in [0.717, 1.165) is 46.1 Å². The molecule has 1 aliphatic rings. The van der Waals surface area contributed by atoms with Crippen molar-refractivity contribution in [2.24, 2.45) is 0 Å². The van der Waals surface area contributed by atoms with Gasteiger partial charge >= 0.3 is 0 Å². The van der Waals surface area contributed by atoms with Gasteiger partial charge in [-0.25, -0.2) is 4.68 Å². The van der Waals surface area contributed by atoms with Crippen molar-refractivity contribution >= 4 is 5.78 Å². The van der Waals surface area contributed by atoms with E-state index < -0.39 is 0 Å². The minimum Gasteiger partial charge on any atom is -0.497 e. The maximum Gasteiger partial charge on any atom is 0.167 e. The second-order valence-corrected chi connectivity index (χ2v) is 6.79. The highest BCUT2D eigenvalue weighted by atomic mass is 16.5. The van der Waals surface area contributed by atoms with Crippen LogP contribution in [-0.4, -0.2) is 29.8 Å². The SMILES string of the molecule is COc1ccc(-n2nc(C)c3c2C[C@@H](c2ccccc2OC)CC3=O)cc1. The maximum atomic E-state index is 12.9. The third kappa shape index (κ3) is 2.99. The van der Waals surface area contributed by atoms with Crippen molar-refractivity contribution in [1.29, 1.82) is 0 Å². The number of fused-ring (bicyclic) bond motifs is 1. The minimum absolute atomic E-state index is 0.0780. The maximum absolute atomic E-state index is 12.9. The first-order valence-electron chi connectivity index (χ1n) is 9.01. The van der Waals surface area contributed by atoms with E-state index in [1.165, 1.54) is 0 Å².